The van der Waals surface area contributed by atoms with E-state index in [2.05, 4.69) is 42.6 Å². The molecule has 3 unspecified atom stereocenters. The lowest BCUT2D eigenvalue weighted by Gasteiger charge is -2.30. The Balaban J connectivity index is 2.28. The standard InChI is InChI=1S/C15H27N3/c1-6-12-7-8-13(11(12)2)18-10-17-9-14(18)15(3,4)16-5/h9-13,16H,6-8H2,1-5H3. The molecular weight excluding hydrogens is 222 g/mol. The maximum Gasteiger partial charge on any atom is 0.0951 e. The highest BCUT2D eigenvalue weighted by Gasteiger charge is 2.35. The minimum absolute atomic E-state index is 0.0134. The molecule has 1 saturated carbocycles. The Morgan fingerprint density at radius 3 is 2.72 bits per heavy atom. The molecule has 3 atom stereocenters. The second-order valence-electron chi connectivity index (χ2n) is 6.23. The maximum absolute atomic E-state index is 4.39. The van der Waals surface area contributed by atoms with E-state index in [9.17, 15) is 0 Å². The molecule has 3 nitrogen and oxygen atoms in total. The van der Waals surface area contributed by atoms with Crippen LogP contribution in [0.4, 0.5) is 0 Å². The summed E-state index contributed by atoms with van der Waals surface area (Å²) in [5, 5.41) is 3.39. The Kier molecular flexibility index (Phi) is 3.81. The first-order valence-corrected chi connectivity index (χ1v) is 7.22. The van der Waals surface area contributed by atoms with Gasteiger partial charge in [0.15, 0.2) is 0 Å². The van der Waals surface area contributed by atoms with Gasteiger partial charge in [0, 0.05) is 6.04 Å². The minimum atomic E-state index is -0.0134. The van der Waals surface area contributed by atoms with Crippen LogP contribution in [0.1, 0.15) is 58.7 Å². The molecule has 0 aliphatic heterocycles. The SMILES string of the molecule is CCC1CCC(n2cncc2C(C)(C)NC)C1C. The van der Waals surface area contributed by atoms with Gasteiger partial charge in [-0.15, -0.1) is 0 Å². The van der Waals surface area contributed by atoms with E-state index < -0.39 is 0 Å². The number of hydrogen-bond acceptors (Lipinski definition) is 2. The molecule has 3 heteroatoms. The molecule has 0 radical (unpaired) electrons. The maximum atomic E-state index is 4.39. The van der Waals surface area contributed by atoms with Crippen molar-refractivity contribution in [3.05, 3.63) is 18.2 Å². The Morgan fingerprint density at radius 1 is 1.44 bits per heavy atom. The Morgan fingerprint density at radius 2 is 2.17 bits per heavy atom. The highest BCUT2D eigenvalue weighted by molar-refractivity contribution is 5.13. The van der Waals surface area contributed by atoms with Crippen LogP contribution in [0.5, 0.6) is 0 Å². The second kappa shape index (κ2) is 5.04. The van der Waals surface area contributed by atoms with Gasteiger partial charge in [0.05, 0.1) is 23.8 Å². The highest BCUT2D eigenvalue weighted by Crippen LogP contribution is 2.43. The third kappa shape index (κ3) is 2.20. The summed E-state index contributed by atoms with van der Waals surface area (Å²) < 4.78 is 2.41. The van der Waals surface area contributed by atoms with E-state index >= 15 is 0 Å². The predicted octanol–water partition coefficient (Wildman–Crippen LogP) is 3.33. The Labute approximate surface area is 111 Å². The van der Waals surface area contributed by atoms with Crippen LogP contribution in [-0.2, 0) is 5.54 Å². The molecule has 18 heavy (non-hydrogen) atoms. The molecule has 1 aromatic heterocycles. The highest BCUT2D eigenvalue weighted by atomic mass is 15.1. The lowest BCUT2D eigenvalue weighted by Crippen LogP contribution is -2.36. The first-order chi connectivity index (χ1) is 8.51. The van der Waals surface area contributed by atoms with Crippen molar-refractivity contribution in [3.63, 3.8) is 0 Å². The largest absolute Gasteiger partial charge is 0.330 e. The van der Waals surface area contributed by atoms with Crippen molar-refractivity contribution in [1.29, 1.82) is 0 Å². The van der Waals surface area contributed by atoms with Gasteiger partial charge in [0.25, 0.3) is 0 Å². The zero-order chi connectivity index (χ0) is 13.3. The number of aromatic nitrogens is 2. The quantitative estimate of drug-likeness (QED) is 0.887. The molecule has 1 aliphatic carbocycles. The van der Waals surface area contributed by atoms with Gasteiger partial charge in [-0.05, 0) is 45.6 Å². The fraction of sp³-hybridized carbons (Fsp3) is 0.800. The molecule has 0 saturated heterocycles. The van der Waals surface area contributed by atoms with Gasteiger partial charge in [0.2, 0.25) is 0 Å². The molecule has 1 aromatic rings. The van der Waals surface area contributed by atoms with Crippen LogP contribution in [0.25, 0.3) is 0 Å². The van der Waals surface area contributed by atoms with Gasteiger partial charge in [-0.1, -0.05) is 20.3 Å². The third-order valence-electron chi connectivity index (χ3n) is 5.00. The van der Waals surface area contributed by atoms with Crippen molar-refractivity contribution in [2.24, 2.45) is 11.8 Å². The van der Waals surface area contributed by atoms with E-state index in [0.717, 1.165) is 11.8 Å². The molecule has 0 amide bonds. The molecule has 0 spiro atoms. The van der Waals surface area contributed by atoms with Crippen molar-refractivity contribution >= 4 is 0 Å². The lowest BCUT2D eigenvalue weighted by atomic mass is 9.92. The summed E-state index contributed by atoms with van der Waals surface area (Å²) in [5.74, 6) is 1.64. The summed E-state index contributed by atoms with van der Waals surface area (Å²) in [7, 11) is 2.02. The molecule has 1 heterocycles. The third-order valence-corrected chi connectivity index (χ3v) is 5.00. The molecule has 0 bridgehead atoms. The fourth-order valence-electron chi connectivity index (χ4n) is 3.37. The van der Waals surface area contributed by atoms with E-state index in [1.807, 2.05) is 19.6 Å². The number of imidazole rings is 1. The van der Waals surface area contributed by atoms with E-state index in [-0.39, 0.29) is 5.54 Å². The van der Waals surface area contributed by atoms with Crippen LogP contribution in [-0.4, -0.2) is 16.6 Å². The lowest BCUT2D eigenvalue weighted by molar-refractivity contribution is 0.305. The van der Waals surface area contributed by atoms with E-state index in [1.165, 1.54) is 25.0 Å². The van der Waals surface area contributed by atoms with Crippen LogP contribution in [0.3, 0.4) is 0 Å². The van der Waals surface area contributed by atoms with Gasteiger partial charge < -0.3 is 9.88 Å². The van der Waals surface area contributed by atoms with Crippen LogP contribution in [0.2, 0.25) is 0 Å². The zero-order valence-electron chi connectivity index (χ0n) is 12.4. The Hall–Kier alpha value is -0.830. The zero-order valence-corrected chi connectivity index (χ0v) is 12.4. The topological polar surface area (TPSA) is 29.9 Å². The van der Waals surface area contributed by atoms with Gasteiger partial charge in [-0.2, -0.15) is 0 Å². The first-order valence-electron chi connectivity index (χ1n) is 7.22. The van der Waals surface area contributed by atoms with Crippen molar-refractivity contribution in [2.75, 3.05) is 7.05 Å². The summed E-state index contributed by atoms with van der Waals surface area (Å²) in [5.41, 5.74) is 1.29. The van der Waals surface area contributed by atoms with Gasteiger partial charge >= 0.3 is 0 Å². The van der Waals surface area contributed by atoms with E-state index in [0.29, 0.717) is 6.04 Å². The van der Waals surface area contributed by atoms with Crippen LogP contribution in [0, 0.1) is 11.8 Å². The summed E-state index contributed by atoms with van der Waals surface area (Å²) in [6, 6.07) is 0.625. The fourth-order valence-corrected chi connectivity index (χ4v) is 3.37. The van der Waals surface area contributed by atoms with Crippen molar-refractivity contribution in [1.82, 2.24) is 14.9 Å². The smallest absolute Gasteiger partial charge is 0.0951 e. The normalized spacial score (nSPS) is 28.8. The van der Waals surface area contributed by atoms with Gasteiger partial charge in [-0.25, -0.2) is 4.98 Å². The van der Waals surface area contributed by atoms with E-state index in [4.69, 9.17) is 0 Å². The average molecular weight is 249 g/mol. The van der Waals surface area contributed by atoms with Crippen molar-refractivity contribution < 1.29 is 0 Å². The molecule has 2 rings (SSSR count). The summed E-state index contributed by atoms with van der Waals surface area (Å²) in [6.07, 6.45) is 8.00. The van der Waals surface area contributed by atoms with Crippen molar-refractivity contribution in [2.45, 2.75) is 58.5 Å². The second-order valence-corrected chi connectivity index (χ2v) is 6.23. The summed E-state index contributed by atoms with van der Waals surface area (Å²) >= 11 is 0. The van der Waals surface area contributed by atoms with Gasteiger partial charge in [-0.3, -0.25) is 0 Å². The molecule has 102 valence electrons. The molecule has 1 aliphatic rings. The average Bonchev–Trinajstić information content (AvgIpc) is 2.95. The first kappa shape index (κ1) is 13.6. The summed E-state index contributed by atoms with van der Waals surface area (Å²) in [6.45, 7) is 9.16. The molecular formula is C15H27N3. The minimum Gasteiger partial charge on any atom is -0.330 e. The number of rotatable bonds is 4. The van der Waals surface area contributed by atoms with Crippen LogP contribution in [0.15, 0.2) is 12.5 Å². The molecule has 1 fully saturated rings. The predicted molar refractivity (Wildman–Crippen MR) is 75.5 cm³/mol. The number of nitrogens with zero attached hydrogens (tertiary/aromatic N) is 2. The van der Waals surface area contributed by atoms with Crippen molar-refractivity contribution in [3.8, 4) is 0 Å². The van der Waals surface area contributed by atoms with Crippen LogP contribution < -0.4 is 5.32 Å². The molecule has 0 aromatic carbocycles. The number of nitrogens with one attached hydrogen (secondary N) is 1. The molecule has 1 N–H and O–H groups in total. The monoisotopic (exact) mass is 249 g/mol. The Bertz CT molecular complexity index is 394. The van der Waals surface area contributed by atoms with E-state index in [1.54, 1.807) is 0 Å². The van der Waals surface area contributed by atoms with Crippen LogP contribution >= 0.6 is 0 Å². The number of hydrogen-bond donors (Lipinski definition) is 1. The summed E-state index contributed by atoms with van der Waals surface area (Å²) in [4.78, 5) is 4.39. The van der Waals surface area contributed by atoms with Gasteiger partial charge in [0.1, 0.15) is 0 Å².